The lowest BCUT2D eigenvalue weighted by Gasteiger charge is -2.09. The first-order valence-corrected chi connectivity index (χ1v) is 7.55. The van der Waals surface area contributed by atoms with E-state index in [0.717, 1.165) is 18.0 Å². The molecule has 2 rings (SSSR count). The van der Waals surface area contributed by atoms with Gasteiger partial charge in [-0.05, 0) is 18.2 Å². The smallest absolute Gasteiger partial charge is 0.417 e. The van der Waals surface area contributed by atoms with Crippen molar-refractivity contribution in [2.75, 3.05) is 19.7 Å². The van der Waals surface area contributed by atoms with Crippen molar-refractivity contribution in [3.8, 4) is 5.88 Å². The Morgan fingerprint density at radius 1 is 1.20 bits per heavy atom. The molecule has 2 aromatic heterocycles. The SMILES string of the molecule is NC(=NCCc1ccccn1)NCCOc1ccc(C(F)(F)F)cn1. The minimum absolute atomic E-state index is 0.112. The Morgan fingerprint density at radius 2 is 2.04 bits per heavy atom. The summed E-state index contributed by atoms with van der Waals surface area (Å²) in [5.41, 5.74) is 5.82. The number of aromatic nitrogens is 2. The van der Waals surface area contributed by atoms with Gasteiger partial charge in [0.2, 0.25) is 5.88 Å². The van der Waals surface area contributed by atoms with Crippen LogP contribution in [0, 0.1) is 0 Å². The van der Waals surface area contributed by atoms with Gasteiger partial charge in [0.1, 0.15) is 6.61 Å². The third-order valence-electron chi connectivity index (χ3n) is 3.10. The van der Waals surface area contributed by atoms with Gasteiger partial charge in [-0.2, -0.15) is 13.2 Å². The molecule has 134 valence electrons. The van der Waals surface area contributed by atoms with Crippen LogP contribution in [-0.4, -0.2) is 35.6 Å². The summed E-state index contributed by atoms with van der Waals surface area (Å²) >= 11 is 0. The highest BCUT2D eigenvalue weighted by Gasteiger charge is 2.30. The van der Waals surface area contributed by atoms with E-state index in [4.69, 9.17) is 10.5 Å². The van der Waals surface area contributed by atoms with Crippen LogP contribution in [0.4, 0.5) is 13.2 Å². The molecule has 0 spiro atoms. The summed E-state index contributed by atoms with van der Waals surface area (Å²) in [6.45, 7) is 1.04. The van der Waals surface area contributed by atoms with Gasteiger partial charge in [-0.3, -0.25) is 9.98 Å². The number of ether oxygens (including phenoxy) is 1. The third-order valence-corrected chi connectivity index (χ3v) is 3.10. The van der Waals surface area contributed by atoms with Gasteiger partial charge in [-0.1, -0.05) is 6.07 Å². The number of nitrogens with one attached hydrogen (secondary N) is 1. The maximum absolute atomic E-state index is 12.4. The van der Waals surface area contributed by atoms with E-state index in [-0.39, 0.29) is 18.4 Å². The maximum atomic E-state index is 12.4. The first kappa shape index (κ1) is 18.5. The Hall–Kier alpha value is -2.84. The lowest BCUT2D eigenvalue weighted by Crippen LogP contribution is -2.35. The van der Waals surface area contributed by atoms with Crippen molar-refractivity contribution in [3.63, 3.8) is 0 Å². The monoisotopic (exact) mass is 353 g/mol. The van der Waals surface area contributed by atoms with Gasteiger partial charge in [0.25, 0.3) is 0 Å². The minimum Gasteiger partial charge on any atom is -0.476 e. The molecule has 0 aliphatic rings. The van der Waals surface area contributed by atoms with Gasteiger partial charge >= 0.3 is 6.18 Å². The summed E-state index contributed by atoms with van der Waals surface area (Å²) in [5, 5.41) is 2.85. The number of hydrogen-bond donors (Lipinski definition) is 2. The normalized spacial score (nSPS) is 12.0. The van der Waals surface area contributed by atoms with E-state index < -0.39 is 11.7 Å². The highest BCUT2D eigenvalue weighted by atomic mass is 19.4. The first-order chi connectivity index (χ1) is 11.9. The zero-order valence-corrected chi connectivity index (χ0v) is 13.3. The minimum atomic E-state index is -4.41. The van der Waals surface area contributed by atoms with Crippen LogP contribution in [0.3, 0.4) is 0 Å². The Kier molecular flexibility index (Phi) is 6.55. The highest BCUT2D eigenvalue weighted by Crippen LogP contribution is 2.29. The molecule has 0 radical (unpaired) electrons. The molecule has 0 bridgehead atoms. The first-order valence-electron chi connectivity index (χ1n) is 7.55. The average Bonchev–Trinajstić information content (AvgIpc) is 2.59. The van der Waals surface area contributed by atoms with E-state index in [2.05, 4.69) is 20.3 Å². The van der Waals surface area contributed by atoms with E-state index in [9.17, 15) is 13.2 Å². The van der Waals surface area contributed by atoms with Gasteiger partial charge in [0.15, 0.2) is 5.96 Å². The highest BCUT2D eigenvalue weighted by molar-refractivity contribution is 5.77. The van der Waals surface area contributed by atoms with Crippen LogP contribution < -0.4 is 15.8 Å². The Balaban J connectivity index is 1.65. The van der Waals surface area contributed by atoms with Crippen molar-refractivity contribution >= 4 is 5.96 Å². The second kappa shape index (κ2) is 8.86. The summed E-state index contributed by atoms with van der Waals surface area (Å²) in [6, 6.07) is 7.74. The third kappa shape index (κ3) is 6.66. The molecule has 6 nitrogen and oxygen atoms in total. The van der Waals surface area contributed by atoms with Crippen molar-refractivity contribution < 1.29 is 17.9 Å². The number of guanidine groups is 1. The number of hydrogen-bond acceptors (Lipinski definition) is 4. The summed E-state index contributed by atoms with van der Waals surface area (Å²) in [4.78, 5) is 11.9. The second-order valence-corrected chi connectivity index (χ2v) is 5.00. The number of alkyl halides is 3. The molecule has 0 unspecified atom stereocenters. The average molecular weight is 353 g/mol. The number of pyridine rings is 2. The fourth-order valence-corrected chi connectivity index (χ4v) is 1.86. The van der Waals surface area contributed by atoms with Crippen molar-refractivity contribution in [2.24, 2.45) is 10.7 Å². The maximum Gasteiger partial charge on any atom is 0.417 e. The molecule has 0 aliphatic carbocycles. The predicted octanol–water partition coefficient (Wildman–Crippen LogP) is 2.02. The molecule has 0 saturated carbocycles. The van der Waals surface area contributed by atoms with E-state index in [0.29, 0.717) is 19.5 Å². The Morgan fingerprint density at radius 3 is 2.68 bits per heavy atom. The van der Waals surface area contributed by atoms with Gasteiger partial charge < -0.3 is 15.8 Å². The van der Waals surface area contributed by atoms with Crippen LogP contribution in [0.25, 0.3) is 0 Å². The van der Waals surface area contributed by atoms with Crippen LogP contribution in [0.1, 0.15) is 11.3 Å². The zero-order chi connectivity index (χ0) is 18.1. The van der Waals surface area contributed by atoms with Crippen LogP contribution >= 0.6 is 0 Å². The number of nitrogens with two attached hydrogens (primary N) is 1. The summed E-state index contributed by atoms with van der Waals surface area (Å²) in [5.74, 6) is 0.375. The van der Waals surface area contributed by atoms with Crippen molar-refractivity contribution in [1.82, 2.24) is 15.3 Å². The summed E-state index contributed by atoms with van der Waals surface area (Å²) in [7, 11) is 0. The van der Waals surface area contributed by atoms with Crippen molar-refractivity contribution in [1.29, 1.82) is 0 Å². The van der Waals surface area contributed by atoms with E-state index >= 15 is 0 Å². The number of aliphatic imine (C=N–C) groups is 1. The molecule has 0 amide bonds. The molecule has 0 aromatic carbocycles. The largest absolute Gasteiger partial charge is 0.476 e. The quantitative estimate of drug-likeness (QED) is 0.452. The fraction of sp³-hybridized carbons (Fsp3) is 0.312. The molecule has 3 N–H and O–H groups in total. The number of rotatable bonds is 7. The van der Waals surface area contributed by atoms with E-state index in [1.165, 1.54) is 6.07 Å². The molecule has 0 fully saturated rings. The predicted molar refractivity (Wildman–Crippen MR) is 87.2 cm³/mol. The zero-order valence-electron chi connectivity index (χ0n) is 13.3. The van der Waals surface area contributed by atoms with Gasteiger partial charge in [0.05, 0.1) is 12.1 Å². The molecule has 9 heteroatoms. The lowest BCUT2D eigenvalue weighted by molar-refractivity contribution is -0.137. The molecule has 25 heavy (non-hydrogen) atoms. The lowest BCUT2D eigenvalue weighted by atomic mass is 10.3. The van der Waals surface area contributed by atoms with E-state index in [1.54, 1.807) is 6.20 Å². The van der Waals surface area contributed by atoms with Crippen LogP contribution in [0.2, 0.25) is 0 Å². The van der Waals surface area contributed by atoms with Gasteiger partial charge in [0, 0.05) is 37.1 Å². The van der Waals surface area contributed by atoms with Gasteiger partial charge in [-0.25, -0.2) is 4.98 Å². The summed E-state index contributed by atoms with van der Waals surface area (Å²) in [6.07, 6.45) is -1.29. The van der Waals surface area contributed by atoms with Gasteiger partial charge in [-0.15, -0.1) is 0 Å². The molecule has 0 saturated heterocycles. The molecular weight excluding hydrogens is 335 g/mol. The van der Waals surface area contributed by atoms with Crippen molar-refractivity contribution in [2.45, 2.75) is 12.6 Å². The summed E-state index contributed by atoms with van der Waals surface area (Å²) < 4.78 is 42.4. The molecule has 0 aliphatic heterocycles. The van der Waals surface area contributed by atoms with Crippen LogP contribution in [0.15, 0.2) is 47.7 Å². The fourth-order valence-electron chi connectivity index (χ4n) is 1.86. The molecule has 2 aromatic rings. The molecular formula is C16H18F3N5O. The number of halogens is 3. The molecule has 0 atom stereocenters. The standard InChI is InChI=1S/C16H18F3N5O/c17-16(18,19)12-4-5-14(24-11-12)25-10-9-23-15(20)22-8-6-13-3-1-2-7-21-13/h1-5,7,11H,6,8-10H2,(H3,20,22,23). The second-order valence-electron chi connectivity index (χ2n) is 5.00. The number of nitrogens with zero attached hydrogens (tertiary/aromatic N) is 3. The Labute approximate surface area is 143 Å². The van der Waals surface area contributed by atoms with Crippen LogP contribution in [0.5, 0.6) is 5.88 Å². The van der Waals surface area contributed by atoms with E-state index in [1.807, 2.05) is 18.2 Å². The topological polar surface area (TPSA) is 85.4 Å². The Bertz CT molecular complexity index is 674. The van der Waals surface area contributed by atoms with Crippen LogP contribution in [-0.2, 0) is 12.6 Å². The van der Waals surface area contributed by atoms with Crippen molar-refractivity contribution in [3.05, 3.63) is 54.0 Å². The molecule has 2 heterocycles.